The molecule has 0 spiro atoms. The van der Waals surface area contributed by atoms with E-state index in [2.05, 4.69) is 35.0 Å². The van der Waals surface area contributed by atoms with Gasteiger partial charge in [0.05, 0.1) is 10.0 Å². The second-order valence-corrected chi connectivity index (χ2v) is 5.87. The number of aromatic nitrogens is 1. The van der Waals surface area contributed by atoms with Gasteiger partial charge in [-0.1, -0.05) is 47.5 Å². The first-order valence-corrected chi connectivity index (χ1v) is 7.65. The first-order valence-electron chi connectivity index (χ1n) is 6.90. The lowest BCUT2D eigenvalue weighted by Gasteiger charge is -2.09. The Hall–Kier alpha value is -1.48. The van der Waals surface area contributed by atoms with Gasteiger partial charge in [0.25, 0.3) is 0 Å². The Labute approximate surface area is 134 Å². The maximum Gasteiger partial charge on any atom is 0.0642 e. The molecule has 4 heteroatoms. The molecule has 3 rings (SSSR count). The predicted molar refractivity (Wildman–Crippen MR) is 90.3 cm³/mol. The largest absolute Gasteiger partial charge is 0.343 e. The van der Waals surface area contributed by atoms with Crippen LogP contribution in [0.25, 0.3) is 10.9 Å². The minimum atomic E-state index is 0.592. The van der Waals surface area contributed by atoms with Crippen LogP contribution in [0.15, 0.2) is 48.7 Å². The second kappa shape index (κ2) is 6.10. The Morgan fingerprint density at radius 1 is 1.05 bits per heavy atom. The van der Waals surface area contributed by atoms with Gasteiger partial charge in [0.15, 0.2) is 0 Å². The summed E-state index contributed by atoms with van der Waals surface area (Å²) in [5.74, 6) is 0. The van der Waals surface area contributed by atoms with Crippen LogP contribution in [0, 0.1) is 0 Å². The van der Waals surface area contributed by atoms with Crippen molar-refractivity contribution >= 4 is 34.1 Å². The fourth-order valence-electron chi connectivity index (χ4n) is 2.54. The average molecular weight is 319 g/mol. The third-order valence-electron chi connectivity index (χ3n) is 3.64. The van der Waals surface area contributed by atoms with Gasteiger partial charge in [-0.25, -0.2) is 0 Å². The molecule has 3 aromatic rings. The van der Waals surface area contributed by atoms with Crippen LogP contribution in [-0.2, 0) is 13.0 Å². The molecule has 0 aliphatic rings. The summed E-state index contributed by atoms with van der Waals surface area (Å²) in [5.41, 5.74) is 9.10. The number of fused-ring (bicyclic) bond motifs is 1. The highest BCUT2D eigenvalue weighted by molar-refractivity contribution is 6.42. The van der Waals surface area contributed by atoms with Gasteiger partial charge >= 0.3 is 0 Å². The first-order chi connectivity index (χ1) is 10.2. The fourth-order valence-corrected chi connectivity index (χ4v) is 2.92. The third kappa shape index (κ3) is 2.93. The Kier molecular flexibility index (Phi) is 4.20. The lowest BCUT2D eigenvalue weighted by molar-refractivity contribution is 0.835. The van der Waals surface area contributed by atoms with E-state index in [-0.39, 0.29) is 0 Å². The molecule has 0 atom stereocenters. The van der Waals surface area contributed by atoms with Crippen molar-refractivity contribution < 1.29 is 0 Å². The molecule has 21 heavy (non-hydrogen) atoms. The molecular formula is C17H16Cl2N2. The summed E-state index contributed by atoms with van der Waals surface area (Å²) in [6, 6.07) is 14.3. The molecule has 1 aromatic heterocycles. The van der Waals surface area contributed by atoms with Crippen LogP contribution in [0.4, 0.5) is 0 Å². The number of benzene rings is 2. The topological polar surface area (TPSA) is 30.9 Å². The molecule has 0 fully saturated rings. The van der Waals surface area contributed by atoms with Crippen molar-refractivity contribution in [3.05, 3.63) is 69.8 Å². The third-order valence-corrected chi connectivity index (χ3v) is 4.50. The molecular weight excluding hydrogens is 303 g/mol. The molecule has 2 nitrogen and oxygen atoms in total. The van der Waals surface area contributed by atoms with Crippen molar-refractivity contribution in [2.24, 2.45) is 5.73 Å². The van der Waals surface area contributed by atoms with E-state index in [9.17, 15) is 0 Å². The molecule has 0 aliphatic heterocycles. The number of nitrogens with two attached hydrogens (primary N) is 1. The number of hydrogen-bond acceptors (Lipinski definition) is 1. The number of hydrogen-bond donors (Lipinski definition) is 1. The summed E-state index contributed by atoms with van der Waals surface area (Å²) in [6.45, 7) is 1.36. The molecule has 1 heterocycles. The van der Waals surface area contributed by atoms with Crippen LogP contribution in [0.3, 0.4) is 0 Å². The molecule has 0 saturated carbocycles. The van der Waals surface area contributed by atoms with Gasteiger partial charge in [-0.05, 0) is 47.7 Å². The molecule has 108 valence electrons. The summed E-state index contributed by atoms with van der Waals surface area (Å²) in [6.07, 6.45) is 2.97. The van der Waals surface area contributed by atoms with Crippen molar-refractivity contribution in [1.29, 1.82) is 0 Å². The SMILES string of the molecule is NCCc1ccc2ccn(Cc3cccc(Cl)c3Cl)c2c1. The monoisotopic (exact) mass is 318 g/mol. The van der Waals surface area contributed by atoms with Crippen LogP contribution < -0.4 is 5.73 Å². The highest BCUT2D eigenvalue weighted by Gasteiger charge is 2.07. The van der Waals surface area contributed by atoms with E-state index in [4.69, 9.17) is 28.9 Å². The summed E-state index contributed by atoms with van der Waals surface area (Å²) >= 11 is 12.4. The van der Waals surface area contributed by atoms with Crippen molar-refractivity contribution in [2.75, 3.05) is 6.54 Å². The first kappa shape index (κ1) is 14.5. The number of nitrogens with zero attached hydrogens (tertiary/aromatic N) is 1. The molecule has 0 amide bonds. The fraction of sp³-hybridized carbons (Fsp3) is 0.176. The predicted octanol–water partition coefficient (Wildman–Crippen LogP) is 4.50. The van der Waals surface area contributed by atoms with E-state index in [0.29, 0.717) is 23.1 Å². The van der Waals surface area contributed by atoms with Gasteiger partial charge in [0.2, 0.25) is 0 Å². The van der Waals surface area contributed by atoms with Crippen molar-refractivity contribution in [1.82, 2.24) is 4.57 Å². The molecule has 0 aliphatic carbocycles. The summed E-state index contributed by atoms with van der Waals surface area (Å²) in [5, 5.41) is 2.43. The van der Waals surface area contributed by atoms with Gasteiger partial charge in [-0.3, -0.25) is 0 Å². The van der Waals surface area contributed by atoms with E-state index in [0.717, 1.165) is 12.0 Å². The van der Waals surface area contributed by atoms with Crippen molar-refractivity contribution in [3.8, 4) is 0 Å². The van der Waals surface area contributed by atoms with Crippen molar-refractivity contribution in [3.63, 3.8) is 0 Å². The normalized spacial score (nSPS) is 11.2. The lowest BCUT2D eigenvalue weighted by Crippen LogP contribution is -2.03. The molecule has 0 unspecified atom stereocenters. The Morgan fingerprint density at radius 2 is 1.90 bits per heavy atom. The zero-order valence-electron chi connectivity index (χ0n) is 11.5. The van der Waals surface area contributed by atoms with Gasteiger partial charge in [0, 0.05) is 18.3 Å². The Bertz CT molecular complexity index is 778. The Balaban J connectivity index is 2.00. The lowest BCUT2D eigenvalue weighted by atomic mass is 10.1. The summed E-state index contributed by atoms with van der Waals surface area (Å²) in [7, 11) is 0. The van der Waals surface area contributed by atoms with E-state index in [1.807, 2.05) is 12.1 Å². The standard InChI is InChI=1S/C17H16Cl2N2/c18-15-3-1-2-14(17(15)19)11-21-9-7-13-5-4-12(6-8-20)10-16(13)21/h1-5,7,9-10H,6,8,11,20H2. The number of rotatable bonds is 4. The zero-order chi connectivity index (χ0) is 14.8. The van der Waals surface area contributed by atoms with Crippen LogP contribution >= 0.6 is 23.2 Å². The van der Waals surface area contributed by atoms with Crippen LogP contribution in [-0.4, -0.2) is 11.1 Å². The minimum Gasteiger partial charge on any atom is -0.343 e. The number of halogens is 2. The highest BCUT2D eigenvalue weighted by Crippen LogP contribution is 2.27. The van der Waals surface area contributed by atoms with E-state index in [1.54, 1.807) is 6.07 Å². The van der Waals surface area contributed by atoms with E-state index >= 15 is 0 Å². The minimum absolute atomic E-state index is 0.592. The van der Waals surface area contributed by atoms with Gasteiger partial charge < -0.3 is 10.3 Å². The molecule has 2 aromatic carbocycles. The summed E-state index contributed by atoms with van der Waals surface area (Å²) < 4.78 is 2.19. The van der Waals surface area contributed by atoms with Crippen LogP contribution in [0.2, 0.25) is 10.0 Å². The maximum atomic E-state index is 6.28. The molecule has 2 N–H and O–H groups in total. The van der Waals surface area contributed by atoms with Gasteiger partial charge in [-0.2, -0.15) is 0 Å². The van der Waals surface area contributed by atoms with E-state index < -0.39 is 0 Å². The zero-order valence-corrected chi connectivity index (χ0v) is 13.0. The smallest absolute Gasteiger partial charge is 0.0642 e. The quantitative estimate of drug-likeness (QED) is 0.754. The summed E-state index contributed by atoms with van der Waals surface area (Å²) in [4.78, 5) is 0. The van der Waals surface area contributed by atoms with Crippen LogP contribution in [0.1, 0.15) is 11.1 Å². The van der Waals surface area contributed by atoms with Gasteiger partial charge in [-0.15, -0.1) is 0 Å². The molecule has 0 saturated heterocycles. The highest BCUT2D eigenvalue weighted by atomic mass is 35.5. The molecule has 0 radical (unpaired) electrons. The molecule has 0 bridgehead atoms. The maximum absolute atomic E-state index is 6.28. The van der Waals surface area contributed by atoms with Crippen LogP contribution in [0.5, 0.6) is 0 Å². The van der Waals surface area contributed by atoms with Crippen molar-refractivity contribution in [2.45, 2.75) is 13.0 Å². The average Bonchev–Trinajstić information content (AvgIpc) is 2.87. The van der Waals surface area contributed by atoms with Gasteiger partial charge in [0.1, 0.15) is 0 Å². The Morgan fingerprint density at radius 3 is 2.71 bits per heavy atom. The van der Waals surface area contributed by atoms with E-state index in [1.165, 1.54) is 16.5 Å². The second-order valence-electron chi connectivity index (χ2n) is 5.09.